The van der Waals surface area contributed by atoms with Crippen LogP contribution in [0.2, 0.25) is 10.0 Å². The number of aromatic nitrogens is 5. The van der Waals surface area contributed by atoms with E-state index in [0.717, 1.165) is 6.42 Å². The van der Waals surface area contributed by atoms with Gasteiger partial charge in [-0.15, -0.1) is 5.10 Å². The molecule has 0 fully saturated rings. The van der Waals surface area contributed by atoms with Gasteiger partial charge in [0.25, 0.3) is 11.1 Å². The lowest BCUT2D eigenvalue weighted by Gasteiger charge is -2.13. The Labute approximate surface area is 183 Å². The third kappa shape index (κ3) is 4.52. The number of nitrogens with one attached hydrogen (secondary N) is 2. The molecule has 2 aromatic heterocycles. The highest BCUT2D eigenvalue weighted by molar-refractivity contribution is 6.37. The first-order chi connectivity index (χ1) is 14.6. The van der Waals surface area contributed by atoms with E-state index >= 15 is 0 Å². The minimum absolute atomic E-state index is 0.0131. The third-order valence-corrected chi connectivity index (χ3v) is 4.98. The average molecular weight is 468 g/mol. The van der Waals surface area contributed by atoms with Crippen molar-refractivity contribution < 1.29 is 14.6 Å². The van der Waals surface area contributed by atoms with Crippen LogP contribution in [0.25, 0.3) is 5.69 Å². The minimum atomic E-state index is -1.62. The molecule has 0 aliphatic heterocycles. The Hall–Kier alpha value is -3.44. The number of aromatic carboxylic acids is 1. The van der Waals surface area contributed by atoms with Crippen molar-refractivity contribution in [2.45, 2.75) is 26.2 Å². The zero-order valence-corrected chi connectivity index (χ0v) is 17.6. The maximum Gasteiger partial charge on any atom is 0.362 e. The summed E-state index contributed by atoms with van der Waals surface area (Å²) in [6, 6.07) is 3.95. The van der Waals surface area contributed by atoms with Crippen LogP contribution in [0.5, 0.6) is 11.6 Å². The summed E-state index contributed by atoms with van der Waals surface area (Å²) in [5.74, 6) is -1.63. The van der Waals surface area contributed by atoms with Gasteiger partial charge in [0.05, 0.1) is 15.7 Å². The van der Waals surface area contributed by atoms with Crippen LogP contribution in [0.3, 0.4) is 0 Å². The molecule has 11 nitrogen and oxygen atoms in total. The van der Waals surface area contributed by atoms with E-state index in [9.17, 15) is 19.2 Å². The van der Waals surface area contributed by atoms with Crippen LogP contribution in [0.4, 0.5) is 0 Å². The zero-order valence-electron chi connectivity index (χ0n) is 16.1. The maximum absolute atomic E-state index is 12.1. The molecule has 0 amide bonds. The predicted molar refractivity (Wildman–Crippen MR) is 111 cm³/mol. The molecule has 0 saturated heterocycles. The summed E-state index contributed by atoms with van der Waals surface area (Å²) in [5.41, 5.74) is -2.90. The van der Waals surface area contributed by atoms with E-state index in [4.69, 9.17) is 33.0 Å². The largest absolute Gasteiger partial charge is 0.476 e. The molecule has 31 heavy (non-hydrogen) atoms. The van der Waals surface area contributed by atoms with Crippen LogP contribution < -0.4 is 21.5 Å². The highest BCUT2D eigenvalue weighted by atomic mass is 35.5. The van der Waals surface area contributed by atoms with E-state index in [1.807, 2.05) is 18.8 Å². The minimum Gasteiger partial charge on any atom is -0.476 e. The van der Waals surface area contributed by atoms with Crippen LogP contribution in [0, 0.1) is 0 Å². The van der Waals surface area contributed by atoms with Crippen molar-refractivity contribution in [2.24, 2.45) is 0 Å². The van der Waals surface area contributed by atoms with Gasteiger partial charge in [0, 0.05) is 11.6 Å². The number of hydrogen-bond donors (Lipinski definition) is 3. The number of benzene rings is 1. The second-order valence-corrected chi connectivity index (χ2v) is 7.28. The summed E-state index contributed by atoms with van der Waals surface area (Å²) in [4.78, 5) is 48.6. The lowest BCUT2D eigenvalue weighted by Crippen LogP contribution is -2.35. The van der Waals surface area contributed by atoms with Gasteiger partial charge in [-0.05, 0) is 24.5 Å². The first-order valence-corrected chi connectivity index (χ1v) is 9.61. The van der Waals surface area contributed by atoms with E-state index in [1.165, 1.54) is 18.2 Å². The Balaban J connectivity index is 2.04. The average Bonchev–Trinajstić information content (AvgIpc) is 2.70. The molecule has 0 bridgehead atoms. The molecule has 0 aliphatic carbocycles. The quantitative estimate of drug-likeness (QED) is 0.497. The number of aromatic amines is 2. The third-order valence-electron chi connectivity index (χ3n) is 4.42. The molecular weight excluding hydrogens is 453 g/mol. The highest BCUT2D eigenvalue weighted by Gasteiger charge is 2.19. The Bertz CT molecular complexity index is 1320. The number of nitrogens with zero attached hydrogens (tertiary/aromatic N) is 3. The fourth-order valence-corrected chi connectivity index (χ4v) is 3.18. The standard InChI is InChI=1S/C18H15Cl2N5O6/c1-3-7(2)9-6-12(22-23-15(9)26)31-14-10(19)4-8(5-11(14)20)25-18(30)21-16(27)13(24-25)17(28)29/h4-7H,3H2,1-2H3,(H,23,26)(H,28,29)(H,21,27,30). The Morgan fingerprint density at radius 3 is 2.42 bits per heavy atom. The number of carboxylic acids is 1. The van der Waals surface area contributed by atoms with Crippen LogP contribution in [0.1, 0.15) is 42.2 Å². The monoisotopic (exact) mass is 467 g/mol. The molecular formula is C18H15Cl2N5O6. The van der Waals surface area contributed by atoms with Gasteiger partial charge in [-0.1, -0.05) is 37.0 Å². The molecule has 0 aliphatic rings. The van der Waals surface area contributed by atoms with Crippen LogP contribution in [0.15, 0.2) is 32.6 Å². The van der Waals surface area contributed by atoms with Gasteiger partial charge in [0.1, 0.15) is 0 Å². The Morgan fingerprint density at radius 1 is 1.19 bits per heavy atom. The number of hydrogen-bond acceptors (Lipinski definition) is 7. The number of carboxylic acid groups (broad SMARTS) is 1. The first kappa shape index (κ1) is 22.2. The number of carbonyl (C=O) groups is 1. The van der Waals surface area contributed by atoms with E-state index in [2.05, 4.69) is 15.3 Å². The summed E-state index contributed by atoms with van der Waals surface area (Å²) in [6.45, 7) is 3.81. The highest BCUT2D eigenvalue weighted by Crippen LogP contribution is 2.37. The molecule has 1 unspecified atom stereocenters. The van der Waals surface area contributed by atoms with Crippen molar-refractivity contribution in [2.75, 3.05) is 0 Å². The first-order valence-electron chi connectivity index (χ1n) is 8.86. The van der Waals surface area contributed by atoms with Crippen molar-refractivity contribution >= 4 is 29.2 Å². The van der Waals surface area contributed by atoms with Gasteiger partial charge in [0.15, 0.2) is 5.75 Å². The van der Waals surface area contributed by atoms with E-state index in [-0.39, 0.29) is 38.8 Å². The number of H-pyrrole nitrogens is 2. The maximum atomic E-state index is 12.1. The predicted octanol–water partition coefficient (Wildman–Crippen LogP) is 2.31. The summed E-state index contributed by atoms with van der Waals surface area (Å²) in [5, 5.41) is 18.6. The Morgan fingerprint density at radius 2 is 1.84 bits per heavy atom. The van der Waals surface area contributed by atoms with Crippen molar-refractivity contribution in [3.63, 3.8) is 0 Å². The fraction of sp³-hybridized carbons (Fsp3) is 0.222. The lowest BCUT2D eigenvalue weighted by molar-refractivity contribution is 0.0685. The normalized spacial score (nSPS) is 11.9. The molecule has 0 saturated carbocycles. The molecule has 2 heterocycles. The fourth-order valence-electron chi connectivity index (χ4n) is 2.63. The van der Waals surface area contributed by atoms with Gasteiger partial charge >= 0.3 is 11.7 Å². The number of ether oxygens (including phenoxy) is 1. The summed E-state index contributed by atoms with van der Waals surface area (Å²) in [6.07, 6.45) is 0.724. The molecule has 3 aromatic rings. The van der Waals surface area contributed by atoms with Crippen molar-refractivity contribution in [1.29, 1.82) is 0 Å². The van der Waals surface area contributed by atoms with Crippen molar-refractivity contribution in [3.8, 4) is 17.3 Å². The molecule has 162 valence electrons. The van der Waals surface area contributed by atoms with E-state index < -0.39 is 22.9 Å². The van der Waals surface area contributed by atoms with Crippen LogP contribution >= 0.6 is 23.2 Å². The van der Waals surface area contributed by atoms with Crippen molar-refractivity contribution in [1.82, 2.24) is 25.0 Å². The summed E-state index contributed by atoms with van der Waals surface area (Å²) in [7, 11) is 0. The van der Waals surface area contributed by atoms with Gasteiger partial charge in [-0.3, -0.25) is 14.6 Å². The van der Waals surface area contributed by atoms with Gasteiger partial charge in [-0.2, -0.15) is 9.78 Å². The van der Waals surface area contributed by atoms with E-state index in [1.54, 1.807) is 0 Å². The smallest absolute Gasteiger partial charge is 0.362 e. The van der Waals surface area contributed by atoms with Crippen molar-refractivity contribution in [3.05, 3.63) is 70.7 Å². The van der Waals surface area contributed by atoms with Crippen LogP contribution in [-0.4, -0.2) is 36.0 Å². The van der Waals surface area contributed by atoms with Gasteiger partial charge < -0.3 is 9.84 Å². The molecule has 3 rings (SSSR count). The number of rotatable bonds is 6. The molecule has 13 heteroatoms. The molecule has 0 spiro atoms. The van der Waals surface area contributed by atoms with Gasteiger partial charge in [-0.25, -0.2) is 14.7 Å². The van der Waals surface area contributed by atoms with Crippen LogP contribution in [-0.2, 0) is 0 Å². The topological polar surface area (TPSA) is 160 Å². The molecule has 1 aromatic carbocycles. The molecule has 0 radical (unpaired) electrons. The zero-order chi connectivity index (χ0) is 22.9. The molecule has 1 atom stereocenters. The summed E-state index contributed by atoms with van der Waals surface area (Å²) >= 11 is 12.5. The lowest BCUT2D eigenvalue weighted by atomic mass is 10.0. The van der Waals surface area contributed by atoms with Gasteiger partial charge in [0.2, 0.25) is 11.6 Å². The Kier molecular flexibility index (Phi) is 6.27. The summed E-state index contributed by atoms with van der Waals surface area (Å²) < 4.78 is 6.26. The van der Waals surface area contributed by atoms with E-state index in [0.29, 0.717) is 10.2 Å². The SMILES string of the molecule is CCC(C)c1cc(Oc2c(Cl)cc(-n3nc(C(=O)O)c(=O)[nH]c3=O)cc2Cl)n[nH]c1=O. The second kappa shape index (κ2) is 8.74. The number of halogens is 2. The second-order valence-electron chi connectivity index (χ2n) is 6.47. The molecule has 3 N–H and O–H groups in total.